The lowest BCUT2D eigenvalue weighted by Crippen LogP contribution is -2.52. The second kappa shape index (κ2) is 7.99. The molecule has 1 atom stereocenters. The van der Waals surface area contributed by atoms with Crippen LogP contribution < -0.4 is 0 Å². The lowest BCUT2D eigenvalue weighted by molar-refractivity contribution is -0.146. The molecule has 24 heavy (non-hydrogen) atoms. The minimum atomic E-state index is -0.271. The fourth-order valence-electron chi connectivity index (χ4n) is 3.25. The lowest BCUT2D eigenvalue weighted by atomic mass is 10.1. The Kier molecular flexibility index (Phi) is 5.74. The van der Waals surface area contributed by atoms with Crippen molar-refractivity contribution in [3.8, 4) is 0 Å². The highest BCUT2D eigenvalue weighted by Gasteiger charge is 2.31. The van der Waals surface area contributed by atoms with Crippen LogP contribution in [0.25, 0.3) is 0 Å². The Hall–Kier alpha value is -1.59. The first kappa shape index (κ1) is 17.2. The molecule has 0 spiro atoms. The van der Waals surface area contributed by atoms with E-state index >= 15 is 0 Å². The van der Waals surface area contributed by atoms with Crippen LogP contribution >= 0.6 is 11.6 Å². The van der Waals surface area contributed by atoms with Crippen molar-refractivity contribution in [1.29, 1.82) is 0 Å². The predicted molar refractivity (Wildman–Crippen MR) is 91.9 cm³/mol. The highest BCUT2D eigenvalue weighted by Crippen LogP contribution is 2.18. The molecular formula is C18H23ClN2O3. The fraction of sp³-hybridized carbons (Fsp3) is 0.556. The molecule has 5 nitrogen and oxygen atoms in total. The first-order valence-electron chi connectivity index (χ1n) is 8.57. The quantitative estimate of drug-likeness (QED) is 0.835. The number of halogens is 1. The van der Waals surface area contributed by atoms with E-state index in [9.17, 15) is 9.59 Å². The van der Waals surface area contributed by atoms with E-state index in [4.69, 9.17) is 16.3 Å². The van der Waals surface area contributed by atoms with Crippen LogP contribution in [0.15, 0.2) is 24.3 Å². The molecule has 0 bridgehead atoms. The third-order valence-electron chi connectivity index (χ3n) is 4.72. The van der Waals surface area contributed by atoms with Crippen molar-refractivity contribution in [1.82, 2.24) is 9.80 Å². The Morgan fingerprint density at radius 1 is 1.12 bits per heavy atom. The van der Waals surface area contributed by atoms with Crippen LogP contribution in [0.5, 0.6) is 0 Å². The molecule has 6 heteroatoms. The molecule has 0 N–H and O–H groups in total. The van der Waals surface area contributed by atoms with Crippen molar-refractivity contribution in [2.24, 2.45) is 0 Å². The number of carbonyl (C=O) groups excluding carboxylic acids is 2. The molecule has 2 amide bonds. The Labute approximate surface area is 147 Å². The number of piperazine rings is 1. The summed E-state index contributed by atoms with van der Waals surface area (Å²) in [7, 11) is 0. The Morgan fingerprint density at radius 3 is 2.50 bits per heavy atom. The maximum absolute atomic E-state index is 12.4. The molecule has 2 saturated heterocycles. The minimum Gasteiger partial charge on any atom is -0.368 e. The van der Waals surface area contributed by atoms with Crippen molar-refractivity contribution >= 4 is 23.4 Å². The number of rotatable bonds is 4. The molecule has 0 aromatic heterocycles. The van der Waals surface area contributed by atoms with Gasteiger partial charge in [-0.05, 0) is 30.9 Å². The minimum absolute atomic E-state index is 0.0793. The molecule has 2 heterocycles. The van der Waals surface area contributed by atoms with Gasteiger partial charge in [0.1, 0.15) is 6.10 Å². The van der Waals surface area contributed by atoms with Crippen LogP contribution in [0.2, 0.25) is 5.02 Å². The molecule has 2 aliphatic heterocycles. The molecule has 3 rings (SSSR count). The van der Waals surface area contributed by atoms with Gasteiger partial charge in [0.05, 0.1) is 0 Å². The van der Waals surface area contributed by atoms with Gasteiger partial charge in [-0.2, -0.15) is 0 Å². The summed E-state index contributed by atoms with van der Waals surface area (Å²) in [6.07, 6.45) is 2.59. The summed E-state index contributed by atoms with van der Waals surface area (Å²) in [4.78, 5) is 28.3. The van der Waals surface area contributed by atoms with Gasteiger partial charge in [-0.15, -0.1) is 0 Å². The van der Waals surface area contributed by atoms with Crippen molar-refractivity contribution in [3.05, 3.63) is 34.9 Å². The second-order valence-corrected chi connectivity index (χ2v) is 6.71. The van der Waals surface area contributed by atoms with Gasteiger partial charge >= 0.3 is 0 Å². The van der Waals surface area contributed by atoms with E-state index in [1.165, 1.54) is 0 Å². The Balaban J connectivity index is 1.45. The number of benzene rings is 1. The van der Waals surface area contributed by atoms with Crippen LogP contribution in [0.4, 0.5) is 0 Å². The summed E-state index contributed by atoms with van der Waals surface area (Å²) >= 11 is 6.13. The molecule has 130 valence electrons. The van der Waals surface area contributed by atoms with Crippen LogP contribution in [-0.2, 0) is 20.7 Å². The molecule has 1 aromatic carbocycles. The fourth-order valence-corrected chi connectivity index (χ4v) is 3.48. The summed E-state index contributed by atoms with van der Waals surface area (Å²) in [6.45, 7) is 3.06. The zero-order chi connectivity index (χ0) is 16.9. The predicted octanol–water partition coefficient (Wildman–Crippen LogP) is 2.12. The molecular weight excluding hydrogens is 328 g/mol. The van der Waals surface area contributed by atoms with Crippen molar-refractivity contribution in [2.45, 2.75) is 31.8 Å². The van der Waals surface area contributed by atoms with E-state index in [1.807, 2.05) is 34.1 Å². The van der Waals surface area contributed by atoms with Gasteiger partial charge in [0.2, 0.25) is 5.91 Å². The Bertz CT molecular complexity index is 594. The Morgan fingerprint density at radius 2 is 1.83 bits per heavy atom. The maximum atomic E-state index is 12.4. The van der Waals surface area contributed by atoms with Crippen molar-refractivity contribution in [2.75, 3.05) is 32.8 Å². The number of carbonyl (C=O) groups is 2. The van der Waals surface area contributed by atoms with Gasteiger partial charge in [-0.25, -0.2) is 0 Å². The second-order valence-electron chi connectivity index (χ2n) is 6.30. The number of aryl methyl sites for hydroxylation is 1. The van der Waals surface area contributed by atoms with Crippen molar-refractivity contribution in [3.63, 3.8) is 0 Å². The summed E-state index contributed by atoms with van der Waals surface area (Å²) in [5, 5.41) is 0.706. The van der Waals surface area contributed by atoms with E-state index < -0.39 is 0 Å². The number of amides is 2. The van der Waals surface area contributed by atoms with Crippen LogP contribution in [0, 0.1) is 0 Å². The van der Waals surface area contributed by atoms with E-state index in [0.717, 1.165) is 18.4 Å². The first-order valence-corrected chi connectivity index (χ1v) is 8.94. The molecule has 0 radical (unpaired) electrons. The van der Waals surface area contributed by atoms with Crippen LogP contribution in [0.1, 0.15) is 24.8 Å². The number of nitrogens with zero attached hydrogens (tertiary/aromatic N) is 2. The van der Waals surface area contributed by atoms with Gasteiger partial charge in [-0.3, -0.25) is 9.59 Å². The maximum Gasteiger partial charge on any atom is 0.251 e. The number of ether oxygens (including phenoxy) is 1. The zero-order valence-corrected chi connectivity index (χ0v) is 14.5. The summed E-state index contributed by atoms with van der Waals surface area (Å²) in [5.41, 5.74) is 1.000. The smallest absolute Gasteiger partial charge is 0.251 e. The monoisotopic (exact) mass is 350 g/mol. The van der Waals surface area contributed by atoms with E-state index in [1.54, 1.807) is 0 Å². The molecule has 1 aromatic rings. The van der Waals surface area contributed by atoms with Gasteiger partial charge in [0.15, 0.2) is 0 Å². The van der Waals surface area contributed by atoms with Gasteiger partial charge in [0, 0.05) is 44.2 Å². The molecule has 0 saturated carbocycles. The zero-order valence-electron chi connectivity index (χ0n) is 13.7. The standard InChI is InChI=1S/C18H23ClN2O3/c19-15-5-2-1-4-14(15)7-8-17(22)20-9-11-21(12-10-20)18(23)16-6-3-13-24-16/h1-2,4-5,16H,3,6-13H2. The van der Waals surface area contributed by atoms with E-state index in [2.05, 4.69) is 0 Å². The van der Waals surface area contributed by atoms with Gasteiger partial charge in [0.25, 0.3) is 5.91 Å². The largest absolute Gasteiger partial charge is 0.368 e. The third-order valence-corrected chi connectivity index (χ3v) is 5.08. The molecule has 0 aliphatic carbocycles. The summed E-state index contributed by atoms with van der Waals surface area (Å²) in [5.74, 6) is 0.204. The average molecular weight is 351 g/mol. The highest BCUT2D eigenvalue weighted by molar-refractivity contribution is 6.31. The normalized spacial score (nSPS) is 21.1. The van der Waals surface area contributed by atoms with Gasteiger partial charge < -0.3 is 14.5 Å². The van der Waals surface area contributed by atoms with Gasteiger partial charge in [-0.1, -0.05) is 29.8 Å². The molecule has 1 unspecified atom stereocenters. The first-order chi connectivity index (χ1) is 11.6. The lowest BCUT2D eigenvalue weighted by Gasteiger charge is -2.35. The van der Waals surface area contributed by atoms with E-state index in [0.29, 0.717) is 50.7 Å². The number of hydrogen-bond acceptors (Lipinski definition) is 3. The topological polar surface area (TPSA) is 49.9 Å². The third kappa shape index (κ3) is 4.08. The SMILES string of the molecule is O=C(CCc1ccccc1Cl)N1CCN(C(=O)C2CCCO2)CC1. The van der Waals surface area contributed by atoms with Crippen molar-refractivity contribution < 1.29 is 14.3 Å². The van der Waals surface area contributed by atoms with E-state index in [-0.39, 0.29) is 17.9 Å². The highest BCUT2D eigenvalue weighted by atomic mass is 35.5. The molecule has 2 fully saturated rings. The summed E-state index contributed by atoms with van der Waals surface area (Å²) in [6, 6.07) is 7.61. The average Bonchev–Trinajstić information content (AvgIpc) is 3.15. The summed E-state index contributed by atoms with van der Waals surface area (Å²) < 4.78 is 5.46. The van der Waals surface area contributed by atoms with Crippen LogP contribution in [-0.4, -0.2) is 60.5 Å². The molecule has 2 aliphatic rings. The van der Waals surface area contributed by atoms with Crippen LogP contribution in [0.3, 0.4) is 0 Å². The number of hydrogen-bond donors (Lipinski definition) is 0.